The summed E-state index contributed by atoms with van der Waals surface area (Å²) < 4.78 is 0. The third-order valence-corrected chi connectivity index (χ3v) is 13.1. The van der Waals surface area contributed by atoms with Crippen molar-refractivity contribution in [1.29, 1.82) is 0 Å². The summed E-state index contributed by atoms with van der Waals surface area (Å²) in [4.78, 5) is 30.5. The molecule has 3 aliphatic rings. The van der Waals surface area contributed by atoms with Crippen molar-refractivity contribution < 1.29 is 0 Å². The Morgan fingerprint density at radius 2 is 0.797 bits per heavy atom. The van der Waals surface area contributed by atoms with E-state index in [1.807, 2.05) is 78.9 Å². The van der Waals surface area contributed by atoms with Crippen molar-refractivity contribution in [3.8, 4) is 79.5 Å². The van der Waals surface area contributed by atoms with Crippen molar-refractivity contribution in [3.05, 3.63) is 181 Å². The van der Waals surface area contributed by atoms with Gasteiger partial charge in [-0.1, -0.05) is 152 Å². The van der Waals surface area contributed by atoms with Gasteiger partial charge in [-0.25, -0.2) is 29.9 Å². The van der Waals surface area contributed by atoms with Crippen LogP contribution in [0.1, 0.15) is 24.8 Å². The van der Waals surface area contributed by atoms with Crippen LogP contribution in [0.5, 0.6) is 0 Å². The van der Waals surface area contributed by atoms with Crippen LogP contribution in [-0.2, 0) is 5.41 Å². The topological polar surface area (TPSA) is 77.3 Å². The fraction of sp³-hybridized carbons (Fsp3) is 0.132. The molecule has 0 radical (unpaired) electrons. The number of hydrogen-bond donors (Lipinski definition) is 0. The Morgan fingerprint density at radius 3 is 1.34 bits per heavy atom. The molecule has 280 valence electrons. The van der Waals surface area contributed by atoms with E-state index in [1.165, 1.54) is 24.8 Å². The lowest BCUT2D eigenvalue weighted by molar-refractivity contribution is -0.219. The highest BCUT2D eigenvalue weighted by Gasteiger charge is 2.71. The standard InChI is InChI=1S/C53H38N6/c1-4-14-33(15-5-1)47-54-48(34-16-6-2-7-17-34)58-52(57-47)40-27-36-20-10-11-25-44(36)45(30-40)37-21-12-22-38(26-37)50-55-49(35-18-8-3-9-19-35)56-51(59-50)39-23-13-24-43(29-39)53-31-41-28-42(32-53)46(41)53/h1-27,29-30,41-42,46H,28,31-32H2. The molecule has 3 fully saturated rings. The highest BCUT2D eigenvalue weighted by atomic mass is 15.0. The molecule has 0 saturated heterocycles. The Bertz CT molecular complexity index is 2990. The van der Waals surface area contributed by atoms with Crippen LogP contribution in [0, 0.1) is 17.8 Å². The molecule has 0 N–H and O–H groups in total. The first kappa shape index (κ1) is 33.9. The normalized spacial score (nSPS) is 19.9. The van der Waals surface area contributed by atoms with Crippen LogP contribution in [-0.4, -0.2) is 29.9 Å². The van der Waals surface area contributed by atoms with Gasteiger partial charge in [0.2, 0.25) is 0 Å². The van der Waals surface area contributed by atoms with Gasteiger partial charge in [-0.3, -0.25) is 0 Å². The summed E-state index contributed by atoms with van der Waals surface area (Å²) in [5.74, 6) is 6.64. The zero-order chi connectivity index (χ0) is 38.9. The first-order chi connectivity index (χ1) is 29.1. The van der Waals surface area contributed by atoms with Crippen LogP contribution in [0.4, 0.5) is 0 Å². The molecule has 9 aromatic rings. The van der Waals surface area contributed by atoms with Crippen molar-refractivity contribution in [2.24, 2.45) is 17.8 Å². The van der Waals surface area contributed by atoms with Crippen molar-refractivity contribution in [2.45, 2.75) is 24.7 Å². The van der Waals surface area contributed by atoms with Gasteiger partial charge in [0.15, 0.2) is 34.9 Å². The first-order valence-corrected chi connectivity index (χ1v) is 20.6. The van der Waals surface area contributed by atoms with Crippen LogP contribution < -0.4 is 0 Å². The van der Waals surface area contributed by atoms with E-state index in [9.17, 15) is 0 Å². The minimum Gasteiger partial charge on any atom is -0.208 e. The Balaban J connectivity index is 0.984. The third kappa shape index (κ3) is 5.70. The fourth-order valence-electron chi connectivity index (χ4n) is 10.4. The molecule has 6 heteroatoms. The molecule has 0 bridgehead atoms. The first-order valence-electron chi connectivity index (χ1n) is 20.6. The number of fused-ring (bicyclic) bond motifs is 1. The summed E-state index contributed by atoms with van der Waals surface area (Å²) in [5, 5.41) is 2.23. The van der Waals surface area contributed by atoms with Gasteiger partial charge in [-0.05, 0) is 94.2 Å². The summed E-state index contributed by atoms with van der Waals surface area (Å²) in [6.07, 6.45) is 4.09. The molecule has 2 heterocycles. The maximum Gasteiger partial charge on any atom is 0.164 e. The second kappa shape index (κ2) is 13.5. The van der Waals surface area contributed by atoms with Gasteiger partial charge in [-0.2, -0.15) is 0 Å². The number of aromatic nitrogens is 6. The zero-order valence-corrected chi connectivity index (χ0v) is 32.3. The average Bonchev–Trinajstić information content (AvgIpc) is 3.31. The Morgan fingerprint density at radius 1 is 0.356 bits per heavy atom. The highest BCUT2D eigenvalue weighted by molar-refractivity contribution is 6.00. The zero-order valence-electron chi connectivity index (χ0n) is 32.3. The fourth-order valence-corrected chi connectivity index (χ4v) is 10.4. The van der Waals surface area contributed by atoms with E-state index < -0.39 is 0 Å². The molecule has 0 aliphatic heterocycles. The number of rotatable bonds is 8. The predicted octanol–water partition coefficient (Wildman–Crippen LogP) is 12.2. The molecule has 7 aromatic carbocycles. The van der Waals surface area contributed by atoms with E-state index in [0.29, 0.717) is 40.4 Å². The second-order valence-corrected chi connectivity index (χ2v) is 16.5. The smallest absolute Gasteiger partial charge is 0.164 e. The van der Waals surface area contributed by atoms with Crippen LogP contribution in [0.3, 0.4) is 0 Å². The molecule has 59 heavy (non-hydrogen) atoms. The van der Waals surface area contributed by atoms with Crippen LogP contribution in [0.15, 0.2) is 176 Å². The van der Waals surface area contributed by atoms with Gasteiger partial charge < -0.3 is 0 Å². The third-order valence-electron chi connectivity index (χ3n) is 13.1. The summed E-state index contributed by atoms with van der Waals surface area (Å²) >= 11 is 0. The average molecular weight is 759 g/mol. The predicted molar refractivity (Wildman–Crippen MR) is 235 cm³/mol. The van der Waals surface area contributed by atoms with Crippen molar-refractivity contribution in [3.63, 3.8) is 0 Å². The highest BCUT2D eigenvalue weighted by Crippen LogP contribution is 2.77. The number of hydrogen-bond acceptors (Lipinski definition) is 6. The summed E-state index contributed by atoms with van der Waals surface area (Å²) in [6, 6.07) is 60.9. The Labute approximate surface area is 342 Å². The maximum absolute atomic E-state index is 5.22. The Kier molecular flexibility index (Phi) is 7.73. The van der Waals surface area contributed by atoms with Crippen molar-refractivity contribution in [1.82, 2.24) is 29.9 Å². The van der Waals surface area contributed by atoms with Gasteiger partial charge in [0.05, 0.1) is 0 Å². The lowest BCUT2D eigenvalue weighted by atomic mass is 9.28. The van der Waals surface area contributed by atoms with Gasteiger partial charge in [0, 0.05) is 33.4 Å². The largest absolute Gasteiger partial charge is 0.208 e. The van der Waals surface area contributed by atoms with Crippen LogP contribution in [0.2, 0.25) is 0 Å². The van der Waals surface area contributed by atoms with E-state index in [4.69, 9.17) is 29.9 Å². The summed E-state index contributed by atoms with van der Waals surface area (Å²) in [6.45, 7) is 0. The van der Waals surface area contributed by atoms with Gasteiger partial charge in [0.1, 0.15) is 0 Å². The lowest BCUT2D eigenvalue weighted by Gasteiger charge is -2.76. The van der Waals surface area contributed by atoms with Gasteiger partial charge in [-0.15, -0.1) is 0 Å². The maximum atomic E-state index is 5.22. The second-order valence-electron chi connectivity index (χ2n) is 16.5. The van der Waals surface area contributed by atoms with E-state index >= 15 is 0 Å². The van der Waals surface area contributed by atoms with Gasteiger partial charge in [0.25, 0.3) is 0 Å². The molecule has 2 aromatic heterocycles. The Hall–Kier alpha value is -7.18. The SMILES string of the molecule is c1ccc(-c2nc(-c3cccc(-c4cc(-c5nc(-c6ccccc6)nc(-c6ccccc6)n5)cc5ccccc45)c3)nc(-c3cccc(C45CC6CC(C4)C65)c3)n2)cc1. The molecule has 2 atom stereocenters. The molecule has 0 amide bonds. The lowest BCUT2D eigenvalue weighted by Crippen LogP contribution is -2.71. The van der Waals surface area contributed by atoms with E-state index in [2.05, 4.69) is 97.1 Å². The van der Waals surface area contributed by atoms with Gasteiger partial charge >= 0.3 is 0 Å². The molecule has 6 nitrogen and oxygen atoms in total. The summed E-state index contributed by atoms with van der Waals surface area (Å²) in [5.41, 5.74) is 9.64. The number of benzene rings is 7. The molecule has 0 spiro atoms. The van der Waals surface area contributed by atoms with E-state index in [1.54, 1.807) is 0 Å². The molecule has 3 aliphatic carbocycles. The molecule has 3 saturated carbocycles. The number of nitrogens with zero attached hydrogens (tertiary/aromatic N) is 6. The van der Waals surface area contributed by atoms with E-state index in [0.717, 1.165) is 73.0 Å². The van der Waals surface area contributed by atoms with Crippen LogP contribution in [0.25, 0.3) is 90.2 Å². The van der Waals surface area contributed by atoms with E-state index in [-0.39, 0.29) is 0 Å². The monoisotopic (exact) mass is 758 g/mol. The van der Waals surface area contributed by atoms with Crippen molar-refractivity contribution >= 4 is 10.8 Å². The molecular formula is C53H38N6. The summed E-state index contributed by atoms with van der Waals surface area (Å²) in [7, 11) is 0. The molecule has 2 unspecified atom stereocenters. The quantitative estimate of drug-likeness (QED) is 0.154. The minimum atomic E-state index is 0.362. The van der Waals surface area contributed by atoms with Crippen molar-refractivity contribution in [2.75, 3.05) is 0 Å². The molecule has 12 rings (SSSR count). The minimum absolute atomic E-state index is 0.362. The van der Waals surface area contributed by atoms with Crippen LogP contribution >= 0.6 is 0 Å². The molecular weight excluding hydrogens is 721 g/mol.